The summed E-state index contributed by atoms with van der Waals surface area (Å²) in [6.45, 7) is 0.187. The Hall–Kier alpha value is -2.60. The van der Waals surface area contributed by atoms with Crippen molar-refractivity contribution < 1.29 is 9.50 Å². The van der Waals surface area contributed by atoms with Gasteiger partial charge in [-0.25, -0.2) is 14.4 Å². The molecule has 0 unspecified atom stereocenters. The highest BCUT2D eigenvalue weighted by molar-refractivity contribution is 5.47. The van der Waals surface area contributed by atoms with Gasteiger partial charge in [0.25, 0.3) is 0 Å². The van der Waals surface area contributed by atoms with Gasteiger partial charge >= 0.3 is 0 Å². The molecule has 1 aromatic carbocycles. The number of nitrogens with zero attached hydrogens (tertiary/aromatic N) is 4. The minimum atomic E-state index is -0.962. The van der Waals surface area contributed by atoms with Gasteiger partial charge in [0.15, 0.2) is 5.82 Å². The quantitative estimate of drug-likeness (QED) is 0.798. The molecule has 0 saturated heterocycles. The topological polar surface area (TPSA) is 63.8 Å². The monoisotopic (exact) mass is 284 g/mol. The van der Waals surface area contributed by atoms with E-state index in [1.807, 2.05) is 0 Å². The van der Waals surface area contributed by atoms with Crippen molar-refractivity contribution >= 4 is 0 Å². The number of hydrogen-bond donors (Lipinski definition) is 1. The van der Waals surface area contributed by atoms with E-state index in [0.29, 0.717) is 11.5 Å². The van der Waals surface area contributed by atoms with Crippen molar-refractivity contribution in [3.63, 3.8) is 0 Å². The van der Waals surface area contributed by atoms with E-state index in [9.17, 15) is 9.50 Å². The van der Waals surface area contributed by atoms with Crippen LogP contribution in [-0.2, 0) is 6.54 Å². The van der Waals surface area contributed by atoms with Gasteiger partial charge in [-0.2, -0.15) is 0 Å². The molecule has 0 aliphatic heterocycles. The number of halogens is 1. The highest BCUT2D eigenvalue weighted by atomic mass is 19.1. The van der Waals surface area contributed by atoms with Crippen LogP contribution in [0.25, 0.3) is 11.5 Å². The average Bonchev–Trinajstić information content (AvgIpc) is 2.96. The van der Waals surface area contributed by atoms with Crippen molar-refractivity contribution in [2.75, 3.05) is 0 Å². The van der Waals surface area contributed by atoms with Crippen LogP contribution in [0.5, 0.6) is 0 Å². The summed E-state index contributed by atoms with van der Waals surface area (Å²) in [7, 11) is 0. The summed E-state index contributed by atoms with van der Waals surface area (Å²) >= 11 is 0. The van der Waals surface area contributed by atoms with Gasteiger partial charge in [0.2, 0.25) is 0 Å². The van der Waals surface area contributed by atoms with Crippen LogP contribution in [0.1, 0.15) is 11.7 Å². The molecule has 3 aromatic rings. The fourth-order valence-electron chi connectivity index (χ4n) is 2.13. The average molecular weight is 284 g/mol. The Morgan fingerprint density at radius 1 is 1.14 bits per heavy atom. The molecule has 0 radical (unpaired) electrons. The predicted octanol–water partition coefficient (Wildman–Crippen LogP) is 2.21. The lowest BCUT2D eigenvalue weighted by Gasteiger charge is -2.14. The molecule has 0 aliphatic rings. The standard InChI is InChI=1S/C15H13FN4O/c16-12-4-2-1-3-11(12)14(21)10-20-8-7-19-15(20)13-9-17-5-6-18-13/h1-9,14,21H,10H2/t14-/m0/s1. The van der Waals surface area contributed by atoms with E-state index in [-0.39, 0.29) is 12.1 Å². The maximum atomic E-state index is 13.7. The molecule has 2 heterocycles. The normalized spacial score (nSPS) is 12.3. The van der Waals surface area contributed by atoms with E-state index in [4.69, 9.17) is 0 Å². The van der Waals surface area contributed by atoms with Gasteiger partial charge in [-0.05, 0) is 6.07 Å². The molecule has 0 fully saturated rings. The summed E-state index contributed by atoms with van der Waals surface area (Å²) in [5.74, 6) is 0.157. The Balaban J connectivity index is 1.87. The zero-order valence-corrected chi connectivity index (χ0v) is 11.1. The van der Waals surface area contributed by atoms with E-state index < -0.39 is 11.9 Å². The number of benzene rings is 1. The van der Waals surface area contributed by atoms with Crippen molar-refractivity contribution in [1.82, 2.24) is 19.5 Å². The Morgan fingerprint density at radius 3 is 2.76 bits per heavy atom. The Labute approximate surface area is 120 Å². The van der Waals surface area contributed by atoms with Crippen LogP contribution in [0, 0.1) is 5.82 Å². The SMILES string of the molecule is O[C@@H](Cn1ccnc1-c1cnccn1)c1ccccc1F. The van der Waals surface area contributed by atoms with E-state index in [0.717, 1.165) is 0 Å². The van der Waals surface area contributed by atoms with Gasteiger partial charge in [0, 0.05) is 30.4 Å². The molecule has 1 N–H and O–H groups in total. The highest BCUT2D eigenvalue weighted by Crippen LogP contribution is 2.21. The van der Waals surface area contributed by atoms with E-state index in [1.54, 1.807) is 53.8 Å². The highest BCUT2D eigenvalue weighted by Gasteiger charge is 2.15. The lowest BCUT2D eigenvalue weighted by Crippen LogP contribution is -2.11. The molecule has 0 aliphatic carbocycles. The maximum absolute atomic E-state index is 13.7. The number of aliphatic hydroxyl groups excluding tert-OH is 1. The number of aromatic nitrogens is 4. The number of hydrogen-bond acceptors (Lipinski definition) is 4. The predicted molar refractivity (Wildman–Crippen MR) is 74.6 cm³/mol. The zero-order valence-electron chi connectivity index (χ0n) is 11.1. The van der Waals surface area contributed by atoms with Crippen molar-refractivity contribution in [2.24, 2.45) is 0 Å². The number of aliphatic hydroxyl groups is 1. The molecule has 3 rings (SSSR count). The van der Waals surface area contributed by atoms with Crippen LogP contribution in [0.15, 0.2) is 55.2 Å². The third kappa shape index (κ3) is 2.80. The van der Waals surface area contributed by atoms with Gasteiger partial charge < -0.3 is 9.67 Å². The Kier molecular flexibility index (Phi) is 3.70. The van der Waals surface area contributed by atoms with Gasteiger partial charge in [-0.1, -0.05) is 18.2 Å². The lowest BCUT2D eigenvalue weighted by molar-refractivity contribution is 0.152. The molecule has 2 aromatic heterocycles. The van der Waals surface area contributed by atoms with Crippen molar-refractivity contribution in [2.45, 2.75) is 12.6 Å². The molecule has 0 amide bonds. The molecule has 1 atom stereocenters. The smallest absolute Gasteiger partial charge is 0.160 e. The number of imidazole rings is 1. The molecule has 0 saturated carbocycles. The van der Waals surface area contributed by atoms with Crippen molar-refractivity contribution in [1.29, 1.82) is 0 Å². The first kappa shape index (κ1) is 13.4. The zero-order chi connectivity index (χ0) is 14.7. The van der Waals surface area contributed by atoms with E-state index in [1.165, 1.54) is 6.07 Å². The summed E-state index contributed by atoms with van der Waals surface area (Å²) in [4.78, 5) is 12.4. The second-order valence-corrected chi connectivity index (χ2v) is 4.53. The van der Waals surface area contributed by atoms with E-state index in [2.05, 4.69) is 15.0 Å². The minimum absolute atomic E-state index is 0.187. The van der Waals surface area contributed by atoms with Crippen molar-refractivity contribution in [3.8, 4) is 11.5 Å². The summed E-state index contributed by atoms with van der Waals surface area (Å²) < 4.78 is 15.4. The molecule has 6 heteroatoms. The van der Waals surface area contributed by atoms with Crippen LogP contribution in [0.4, 0.5) is 4.39 Å². The Morgan fingerprint density at radius 2 is 2.00 bits per heavy atom. The first-order valence-corrected chi connectivity index (χ1v) is 6.45. The van der Waals surface area contributed by atoms with Crippen LogP contribution < -0.4 is 0 Å². The van der Waals surface area contributed by atoms with Crippen LogP contribution in [0.3, 0.4) is 0 Å². The summed E-state index contributed by atoms with van der Waals surface area (Å²) in [5.41, 5.74) is 0.861. The largest absolute Gasteiger partial charge is 0.386 e. The van der Waals surface area contributed by atoms with Gasteiger partial charge in [0.1, 0.15) is 11.5 Å². The molecule has 5 nitrogen and oxygen atoms in total. The van der Waals surface area contributed by atoms with Crippen molar-refractivity contribution in [3.05, 3.63) is 66.6 Å². The summed E-state index contributed by atoms with van der Waals surface area (Å²) in [6.07, 6.45) is 7.10. The lowest BCUT2D eigenvalue weighted by atomic mass is 10.1. The van der Waals surface area contributed by atoms with E-state index >= 15 is 0 Å². The van der Waals surface area contributed by atoms with Crippen LogP contribution in [-0.4, -0.2) is 24.6 Å². The molecular formula is C15H13FN4O. The van der Waals surface area contributed by atoms with Gasteiger partial charge in [0.05, 0.1) is 18.8 Å². The fraction of sp³-hybridized carbons (Fsp3) is 0.133. The van der Waals surface area contributed by atoms with Gasteiger partial charge in [-0.3, -0.25) is 4.98 Å². The molecule has 106 valence electrons. The third-order valence-electron chi connectivity index (χ3n) is 3.14. The molecular weight excluding hydrogens is 271 g/mol. The van der Waals surface area contributed by atoms with Crippen LogP contribution >= 0.6 is 0 Å². The summed E-state index contributed by atoms with van der Waals surface area (Å²) in [5, 5.41) is 10.2. The maximum Gasteiger partial charge on any atom is 0.160 e. The first-order chi connectivity index (χ1) is 10.3. The first-order valence-electron chi connectivity index (χ1n) is 6.45. The molecule has 0 spiro atoms. The third-order valence-corrected chi connectivity index (χ3v) is 3.14. The molecule has 0 bridgehead atoms. The number of rotatable bonds is 4. The minimum Gasteiger partial charge on any atom is -0.386 e. The fourth-order valence-corrected chi connectivity index (χ4v) is 2.13. The van der Waals surface area contributed by atoms with Gasteiger partial charge in [-0.15, -0.1) is 0 Å². The second-order valence-electron chi connectivity index (χ2n) is 4.53. The second kappa shape index (κ2) is 5.80. The Bertz CT molecular complexity index is 729. The summed E-state index contributed by atoms with van der Waals surface area (Å²) in [6, 6.07) is 6.18. The molecule has 21 heavy (non-hydrogen) atoms. The van der Waals surface area contributed by atoms with Crippen LogP contribution in [0.2, 0.25) is 0 Å².